The molecule has 2 unspecified atom stereocenters. The zero-order chi connectivity index (χ0) is 14.4. The number of imidazole rings is 1. The average molecular weight is 285 g/mol. The fourth-order valence-corrected chi connectivity index (χ4v) is 2.37. The fourth-order valence-electron chi connectivity index (χ4n) is 2.37. The summed E-state index contributed by atoms with van der Waals surface area (Å²) in [6.07, 6.45) is -3.84. The van der Waals surface area contributed by atoms with Gasteiger partial charge in [-0.15, -0.1) is 0 Å². The van der Waals surface area contributed by atoms with Gasteiger partial charge in [0, 0.05) is 0 Å². The topological polar surface area (TPSA) is 155 Å². The van der Waals surface area contributed by atoms with Gasteiger partial charge in [-0.05, 0) is 0 Å². The summed E-state index contributed by atoms with van der Waals surface area (Å²) in [7, 11) is 0. The van der Waals surface area contributed by atoms with E-state index in [1.807, 2.05) is 0 Å². The number of carbonyl (C=O) groups is 1. The Morgan fingerprint density at radius 1 is 1.40 bits per heavy atom. The molecule has 110 valence electrons. The summed E-state index contributed by atoms with van der Waals surface area (Å²) in [5, 5.41) is 34.0. The molecule has 5 atom stereocenters. The standard InChI is InChI=1S/C10H15N5O5/c11-10-13-7-4(8(19)14-10)12-2-15(7)9-6(18)5(17)3(1-16)20-9/h2-3,5-6,9-10,13,16-18H,1,11H2,(H,14,19)/t3-,5-,6-,9?,10?/m1/s1. The number of carbonyl (C=O) groups excluding carboxylic acids is 1. The van der Waals surface area contributed by atoms with Crippen molar-refractivity contribution in [3.8, 4) is 0 Å². The molecule has 0 bridgehead atoms. The van der Waals surface area contributed by atoms with Gasteiger partial charge in [-0.3, -0.25) is 15.1 Å². The molecule has 1 fully saturated rings. The third kappa shape index (κ3) is 1.85. The van der Waals surface area contributed by atoms with Gasteiger partial charge < -0.3 is 30.7 Å². The Bertz CT molecular complexity index is 534. The van der Waals surface area contributed by atoms with Gasteiger partial charge >= 0.3 is 0 Å². The van der Waals surface area contributed by atoms with Crippen molar-refractivity contribution < 1.29 is 24.9 Å². The minimum Gasteiger partial charge on any atom is -0.394 e. The molecule has 1 saturated heterocycles. The number of amides is 1. The normalized spacial score (nSPS) is 36.4. The number of nitrogens with two attached hydrogens (primary N) is 1. The number of ether oxygens (including phenoxy) is 1. The van der Waals surface area contributed by atoms with Crippen LogP contribution in [0.1, 0.15) is 16.7 Å². The Morgan fingerprint density at radius 3 is 2.80 bits per heavy atom. The molecule has 0 aliphatic carbocycles. The van der Waals surface area contributed by atoms with Crippen LogP contribution in [0.25, 0.3) is 0 Å². The highest BCUT2D eigenvalue weighted by atomic mass is 16.6. The number of hydrogen-bond acceptors (Lipinski definition) is 8. The number of anilines is 1. The third-order valence-corrected chi connectivity index (χ3v) is 3.38. The van der Waals surface area contributed by atoms with Crippen LogP contribution in [0.15, 0.2) is 6.33 Å². The summed E-state index contributed by atoms with van der Waals surface area (Å²) in [5.41, 5.74) is 5.72. The van der Waals surface area contributed by atoms with E-state index in [2.05, 4.69) is 15.6 Å². The molecule has 1 aromatic heterocycles. The molecule has 10 nitrogen and oxygen atoms in total. The van der Waals surface area contributed by atoms with Gasteiger partial charge in [0.1, 0.15) is 24.1 Å². The van der Waals surface area contributed by atoms with Crippen molar-refractivity contribution >= 4 is 11.7 Å². The van der Waals surface area contributed by atoms with Crippen molar-refractivity contribution in [2.24, 2.45) is 5.73 Å². The second kappa shape index (κ2) is 4.68. The molecule has 0 radical (unpaired) electrons. The van der Waals surface area contributed by atoms with Crippen LogP contribution < -0.4 is 16.4 Å². The van der Waals surface area contributed by atoms with E-state index in [1.165, 1.54) is 10.9 Å². The summed E-state index contributed by atoms with van der Waals surface area (Å²) in [6, 6.07) is 0. The van der Waals surface area contributed by atoms with Crippen LogP contribution in [0, 0.1) is 0 Å². The van der Waals surface area contributed by atoms with Crippen molar-refractivity contribution in [1.29, 1.82) is 0 Å². The number of aromatic nitrogens is 2. The lowest BCUT2D eigenvalue weighted by Gasteiger charge is -2.25. The molecule has 7 N–H and O–H groups in total. The summed E-state index contributed by atoms with van der Waals surface area (Å²) in [5.74, 6) is -0.159. The molecule has 10 heteroatoms. The molecular formula is C10H15N5O5. The number of nitrogens with zero attached hydrogens (tertiary/aromatic N) is 2. The van der Waals surface area contributed by atoms with Gasteiger partial charge in [-0.1, -0.05) is 0 Å². The molecule has 1 aromatic rings. The van der Waals surface area contributed by atoms with Gasteiger partial charge in [-0.2, -0.15) is 0 Å². The van der Waals surface area contributed by atoms with E-state index in [0.29, 0.717) is 0 Å². The number of hydrogen-bond donors (Lipinski definition) is 6. The molecule has 1 amide bonds. The van der Waals surface area contributed by atoms with Crippen LogP contribution in [-0.4, -0.2) is 62.0 Å². The first kappa shape index (κ1) is 13.3. The van der Waals surface area contributed by atoms with Gasteiger partial charge in [0.05, 0.1) is 12.9 Å². The number of aliphatic hydroxyl groups is 3. The molecule has 3 heterocycles. The minimum absolute atomic E-state index is 0.115. The van der Waals surface area contributed by atoms with Gasteiger partial charge in [0.15, 0.2) is 18.2 Å². The van der Waals surface area contributed by atoms with Crippen LogP contribution in [0.4, 0.5) is 5.82 Å². The molecule has 2 aliphatic heterocycles. The first-order chi connectivity index (χ1) is 9.52. The number of aliphatic hydroxyl groups excluding tert-OH is 3. The summed E-state index contributed by atoms with van der Waals surface area (Å²) in [4.78, 5) is 15.6. The zero-order valence-electron chi connectivity index (χ0n) is 10.3. The minimum atomic E-state index is -1.26. The highest BCUT2D eigenvalue weighted by molar-refractivity contribution is 5.99. The van der Waals surface area contributed by atoms with Crippen LogP contribution in [0.2, 0.25) is 0 Å². The quantitative estimate of drug-likeness (QED) is 0.333. The van der Waals surface area contributed by atoms with E-state index < -0.39 is 43.3 Å². The van der Waals surface area contributed by atoms with Crippen LogP contribution in [-0.2, 0) is 4.74 Å². The van der Waals surface area contributed by atoms with Crippen LogP contribution >= 0.6 is 0 Å². The van der Waals surface area contributed by atoms with Crippen molar-refractivity contribution in [2.45, 2.75) is 30.8 Å². The molecule has 0 aromatic carbocycles. The summed E-state index contributed by atoms with van der Waals surface area (Å²) in [6.45, 7) is -0.432. The maximum absolute atomic E-state index is 11.7. The van der Waals surface area contributed by atoms with Crippen molar-refractivity contribution in [1.82, 2.24) is 14.9 Å². The lowest BCUT2D eigenvalue weighted by molar-refractivity contribution is -0.0519. The van der Waals surface area contributed by atoms with E-state index >= 15 is 0 Å². The van der Waals surface area contributed by atoms with Crippen molar-refractivity contribution in [3.63, 3.8) is 0 Å². The second-order valence-electron chi connectivity index (χ2n) is 4.67. The van der Waals surface area contributed by atoms with E-state index in [4.69, 9.17) is 15.6 Å². The SMILES string of the molecule is NC1NC(=O)c2ncn(C3O[C@H](CO)[C@@H](O)[C@H]3O)c2N1. The van der Waals surface area contributed by atoms with Crippen LogP contribution in [0.5, 0.6) is 0 Å². The van der Waals surface area contributed by atoms with Gasteiger partial charge in [-0.25, -0.2) is 4.98 Å². The number of fused-ring (bicyclic) bond motifs is 1. The molecule has 0 spiro atoms. The second-order valence-corrected chi connectivity index (χ2v) is 4.67. The van der Waals surface area contributed by atoms with E-state index in [-0.39, 0.29) is 11.5 Å². The van der Waals surface area contributed by atoms with E-state index in [9.17, 15) is 15.0 Å². The van der Waals surface area contributed by atoms with Gasteiger partial charge in [0.2, 0.25) is 0 Å². The largest absolute Gasteiger partial charge is 0.394 e. The summed E-state index contributed by atoms with van der Waals surface area (Å²) >= 11 is 0. The maximum atomic E-state index is 11.7. The summed E-state index contributed by atoms with van der Waals surface area (Å²) < 4.78 is 6.75. The lowest BCUT2D eigenvalue weighted by Crippen LogP contribution is -2.51. The Hall–Kier alpha value is -1.72. The first-order valence-electron chi connectivity index (χ1n) is 6.05. The highest BCUT2D eigenvalue weighted by Gasteiger charge is 2.45. The zero-order valence-corrected chi connectivity index (χ0v) is 10.3. The molecular weight excluding hydrogens is 270 g/mol. The van der Waals surface area contributed by atoms with Crippen molar-refractivity contribution in [3.05, 3.63) is 12.0 Å². The molecule has 2 aliphatic rings. The number of nitrogens with one attached hydrogen (secondary N) is 2. The molecule has 3 rings (SSSR count). The Kier molecular flexibility index (Phi) is 3.11. The third-order valence-electron chi connectivity index (χ3n) is 3.38. The fraction of sp³-hybridized carbons (Fsp3) is 0.600. The Morgan fingerprint density at radius 2 is 2.15 bits per heavy atom. The smallest absolute Gasteiger partial charge is 0.276 e. The predicted octanol–water partition coefficient (Wildman–Crippen LogP) is -3.11. The number of rotatable bonds is 2. The monoisotopic (exact) mass is 285 g/mol. The average Bonchev–Trinajstić information content (AvgIpc) is 2.93. The molecule has 20 heavy (non-hydrogen) atoms. The first-order valence-corrected chi connectivity index (χ1v) is 6.05. The van der Waals surface area contributed by atoms with Crippen LogP contribution in [0.3, 0.4) is 0 Å². The van der Waals surface area contributed by atoms with E-state index in [0.717, 1.165) is 0 Å². The maximum Gasteiger partial charge on any atom is 0.276 e. The molecule has 0 saturated carbocycles. The highest BCUT2D eigenvalue weighted by Crippen LogP contribution is 2.33. The predicted molar refractivity (Wildman–Crippen MR) is 64.3 cm³/mol. The Labute approximate surface area is 113 Å². The lowest BCUT2D eigenvalue weighted by atomic mass is 10.1. The van der Waals surface area contributed by atoms with E-state index in [1.54, 1.807) is 0 Å². The van der Waals surface area contributed by atoms with Crippen molar-refractivity contribution in [2.75, 3.05) is 11.9 Å². The Balaban J connectivity index is 1.94. The van der Waals surface area contributed by atoms with Gasteiger partial charge in [0.25, 0.3) is 5.91 Å².